The van der Waals surface area contributed by atoms with Crippen LogP contribution in [0, 0.1) is 0 Å². The van der Waals surface area contributed by atoms with Gasteiger partial charge in [0.2, 0.25) is 0 Å². The lowest BCUT2D eigenvalue weighted by molar-refractivity contribution is -0.136. The Bertz CT molecular complexity index is 700. The van der Waals surface area contributed by atoms with Crippen LogP contribution in [0.25, 0.3) is 0 Å². The molecule has 1 aromatic rings. The molecule has 0 amide bonds. The topological polar surface area (TPSA) is 68.8 Å². The third-order valence-electron chi connectivity index (χ3n) is 3.56. The highest BCUT2D eigenvalue weighted by atomic mass is 32.1. The number of esters is 1. The second-order valence-corrected chi connectivity index (χ2v) is 5.45. The Labute approximate surface area is 146 Å². The Morgan fingerprint density at radius 3 is 2.79 bits per heavy atom. The maximum atomic E-state index is 12.2. The van der Waals surface area contributed by atoms with Crippen molar-refractivity contribution in [3.05, 3.63) is 47.7 Å². The first-order valence-corrected chi connectivity index (χ1v) is 7.71. The summed E-state index contributed by atoms with van der Waals surface area (Å²) in [6.45, 7) is 5.76. The van der Waals surface area contributed by atoms with Crippen molar-refractivity contribution in [3.63, 3.8) is 0 Å². The average Bonchev–Trinajstić information content (AvgIpc) is 2.58. The number of rotatable bonds is 6. The van der Waals surface area contributed by atoms with Crippen molar-refractivity contribution < 1.29 is 19.0 Å². The van der Waals surface area contributed by atoms with Crippen LogP contribution in [0.1, 0.15) is 18.5 Å². The zero-order valence-corrected chi connectivity index (χ0v) is 14.7. The second-order valence-electron chi connectivity index (χ2n) is 5.04. The van der Waals surface area contributed by atoms with Crippen LogP contribution in [0.2, 0.25) is 0 Å². The zero-order chi connectivity index (χ0) is 17.7. The average molecular weight is 348 g/mol. The van der Waals surface area contributed by atoms with Crippen LogP contribution in [-0.2, 0) is 9.53 Å². The number of nitrogens with one attached hydrogen (secondary N) is 2. The van der Waals surface area contributed by atoms with Gasteiger partial charge in [0.1, 0.15) is 6.61 Å². The summed E-state index contributed by atoms with van der Waals surface area (Å²) in [6, 6.07) is 4.96. The number of carbonyl (C=O) groups excluding carboxylic acids is 1. The summed E-state index contributed by atoms with van der Waals surface area (Å²) in [5.74, 6) is 0.637. The van der Waals surface area contributed by atoms with E-state index in [1.54, 1.807) is 26.2 Å². The largest absolute Gasteiger partial charge is 0.492 e. The third-order valence-corrected chi connectivity index (χ3v) is 3.78. The summed E-state index contributed by atoms with van der Waals surface area (Å²) in [5, 5.41) is 6.46. The molecule has 6 nitrogen and oxygen atoms in total. The fourth-order valence-electron chi connectivity index (χ4n) is 2.55. The van der Waals surface area contributed by atoms with E-state index >= 15 is 0 Å². The molecule has 2 N–H and O–H groups in total. The molecule has 0 saturated heterocycles. The molecular weight excluding hydrogens is 328 g/mol. The number of methoxy groups -OCH3 is 2. The van der Waals surface area contributed by atoms with Gasteiger partial charge >= 0.3 is 5.97 Å². The molecule has 1 heterocycles. The molecule has 128 valence electrons. The minimum Gasteiger partial charge on any atom is -0.492 e. The summed E-state index contributed by atoms with van der Waals surface area (Å²) >= 11 is 5.22. The number of hydrogen-bond donors (Lipinski definition) is 2. The lowest BCUT2D eigenvalue weighted by Gasteiger charge is -2.30. The first-order chi connectivity index (χ1) is 11.5. The molecular formula is C17H20N2O4S. The van der Waals surface area contributed by atoms with Gasteiger partial charge in [-0.05, 0) is 25.2 Å². The van der Waals surface area contributed by atoms with E-state index in [0.29, 0.717) is 34.5 Å². The molecule has 1 aromatic carbocycles. The van der Waals surface area contributed by atoms with Gasteiger partial charge in [-0.2, -0.15) is 0 Å². The van der Waals surface area contributed by atoms with Crippen LogP contribution >= 0.6 is 12.2 Å². The van der Waals surface area contributed by atoms with Crippen molar-refractivity contribution in [3.8, 4) is 11.5 Å². The van der Waals surface area contributed by atoms with Gasteiger partial charge in [0.25, 0.3) is 0 Å². The number of ether oxygens (including phenoxy) is 3. The van der Waals surface area contributed by atoms with Gasteiger partial charge in [-0.1, -0.05) is 24.8 Å². The van der Waals surface area contributed by atoms with Gasteiger partial charge in [0.15, 0.2) is 16.6 Å². The van der Waals surface area contributed by atoms with E-state index in [1.165, 1.54) is 7.11 Å². The molecule has 7 heteroatoms. The smallest absolute Gasteiger partial charge is 0.337 e. The van der Waals surface area contributed by atoms with E-state index in [2.05, 4.69) is 17.2 Å². The van der Waals surface area contributed by atoms with E-state index in [1.807, 2.05) is 12.1 Å². The van der Waals surface area contributed by atoms with Gasteiger partial charge in [-0.25, -0.2) is 4.79 Å². The van der Waals surface area contributed by atoms with Crippen LogP contribution < -0.4 is 20.1 Å². The predicted molar refractivity (Wildman–Crippen MR) is 95.0 cm³/mol. The van der Waals surface area contributed by atoms with Gasteiger partial charge in [-0.15, -0.1) is 0 Å². The van der Waals surface area contributed by atoms with E-state index in [4.69, 9.17) is 26.4 Å². The van der Waals surface area contributed by atoms with Crippen molar-refractivity contribution in [2.24, 2.45) is 0 Å². The molecule has 1 aliphatic heterocycles. The van der Waals surface area contributed by atoms with Gasteiger partial charge < -0.3 is 24.8 Å². The summed E-state index contributed by atoms with van der Waals surface area (Å²) in [7, 11) is 2.89. The molecule has 0 aromatic heterocycles. The fourth-order valence-corrected chi connectivity index (χ4v) is 2.82. The van der Waals surface area contributed by atoms with Crippen molar-refractivity contribution in [1.82, 2.24) is 10.6 Å². The fraction of sp³-hybridized carbons (Fsp3) is 0.294. The first kappa shape index (κ1) is 17.8. The highest BCUT2D eigenvalue weighted by Crippen LogP contribution is 2.39. The highest BCUT2D eigenvalue weighted by molar-refractivity contribution is 7.80. The van der Waals surface area contributed by atoms with E-state index in [-0.39, 0.29) is 0 Å². The Kier molecular flexibility index (Phi) is 5.81. The van der Waals surface area contributed by atoms with Crippen molar-refractivity contribution >= 4 is 23.3 Å². The molecule has 0 radical (unpaired) electrons. The van der Waals surface area contributed by atoms with Crippen LogP contribution in [0.5, 0.6) is 11.5 Å². The number of allylic oxidation sites excluding steroid dienone is 1. The van der Waals surface area contributed by atoms with Gasteiger partial charge in [-0.3, -0.25) is 0 Å². The summed E-state index contributed by atoms with van der Waals surface area (Å²) in [5.41, 5.74) is 1.79. The predicted octanol–water partition coefficient (Wildman–Crippen LogP) is 2.23. The number of para-hydroxylation sites is 1. The first-order valence-electron chi connectivity index (χ1n) is 7.30. The molecule has 24 heavy (non-hydrogen) atoms. The van der Waals surface area contributed by atoms with E-state index < -0.39 is 12.0 Å². The lowest BCUT2D eigenvalue weighted by atomic mass is 9.94. The number of benzene rings is 1. The zero-order valence-electron chi connectivity index (χ0n) is 13.8. The lowest BCUT2D eigenvalue weighted by Crippen LogP contribution is -2.45. The quantitative estimate of drug-likeness (QED) is 0.464. The highest BCUT2D eigenvalue weighted by Gasteiger charge is 2.33. The number of thiocarbonyl (C=S) groups is 1. The molecule has 1 aliphatic rings. The van der Waals surface area contributed by atoms with E-state index in [9.17, 15) is 4.79 Å². The molecule has 0 unspecified atom stereocenters. The Balaban J connectivity index is 2.55. The second kappa shape index (κ2) is 7.83. The Morgan fingerprint density at radius 1 is 1.42 bits per heavy atom. The summed E-state index contributed by atoms with van der Waals surface area (Å²) < 4.78 is 16.1. The van der Waals surface area contributed by atoms with Gasteiger partial charge in [0, 0.05) is 11.3 Å². The van der Waals surface area contributed by atoms with Gasteiger partial charge in [0.05, 0.1) is 25.8 Å². The van der Waals surface area contributed by atoms with Crippen molar-refractivity contribution in [2.75, 3.05) is 20.8 Å². The number of carbonyl (C=O) groups is 1. The van der Waals surface area contributed by atoms with Crippen LogP contribution in [0.3, 0.4) is 0 Å². The number of hydrogen-bond acceptors (Lipinski definition) is 5. The maximum absolute atomic E-state index is 12.2. The Morgan fingerprint density at radius 2 is 2.17 bits per heavy atom. The van der Waals surface area contributed by atoms with E-state index in [0.717, 1.165) is 5.56 Å². The molecule has 0 fully saturated rings. The normalized spacial score (nSPS) is 16.8. The summed E-state index contributed by atoms with van der Waals surface area (Å²) in [4.78, 5) is 12.2. The molecule has 0 saturated carbocycles. The van der Waals surface area contributed by atoms with Crippen molar-refractivity contribution in [1.29, 1.82) is 0 Å². The molecule has 0 bridgehead atoms. The molecule has 2 rings (SSSR count). The SMILES string of the molecule is C=CCOc1cccc([C@H]2NC(=S)NC(C)=C2C(=O)OC)c1OC. The maximum Gasteiger partial charge on any atom is 0.337 e. The van der Waals surface area contributed by atoms with Crippen LogP contribution in [-0.4, -0.2) is 31.9 Å². The molecule has 0 aliphatic carbocycles. The minimum absolute atomic E-state index is 0.344. The Hall–Kier alpha value is -2.54. The monoisotopic (exact) mass is 348 g/mol. The van der Waals surface area contributed by atoms with Crippen LogP contribution in [0.4, 0.5) is 0 Å². The molecule has 1 atom stereocenters. The summed E-state index contributed by atoms with van der Waals surface area (Å²) in [6.07, 6.45) is 1.65. The molecule has 0 spiro atoms. The standard InChI is InChI=1S/C17H20N2O4S/c1-5-9-23-12-8-6-7-11(15(12)21-3)14-13(16(20)22-4)10(2)18-17(24)19-14/h5-8,14H,1,9H2,2-4H3,(H2,18,19,24)/t14-/m1/s1. The minimum atomic E-state index is -0.506. The van der Waals surface area contributed by atoms with Crippen molar-refractivity contribution in [2.45, 2.75) is 13.0 Å². The third kappa shape index (κ3) is 3.51. The van der Waals surface area contributed by atoms with Crippen LogP contribution in [0.15, 0.2) is 42.1 Å².